The minimum absolute atomic E-state index is 0.0267. The van der Waals surface area contributed by atoms with Gasteiger partial charge in [-0.3, -0.25) is 4.79 Å². The first kappa shape index (κ1) is 17.7. The summed E-state index contributed by atoms with van der Waals surface area (Å²) in [5, 5.41) is 0. The van der Waals surface area contributed by atoms with Gasteiger partial charge in [0.25, 0.3) is 0 Å². The molecule has 1 aliphatic heterocycles. The molecular formula is C24H34N2O. The van der Waals surface area contributed by atoms with E-state index >= 15 is 0 Å². The lowest BCUT2D eigenvalue weighted by atomic mass is 9.62. The van der Waals surface area contributed by atoms with Gasteiger partial charge in [-0.15, -0.1) is 0 Å². The van der Waals surface area contributed by atoms with Crippen LogP contribution in [0.4, 0.5) is 0 Å². The number of benzene rings is 1. The summed E-state index contributed by atoms with van der Waals surface area (Å²) < 4.78 is 0. The van der Waals surface area contributed by atoms with E-state index in [1.807, 2.05) is 0 Å². The van der Waals surface area contributed by atoms with Crippen molar-refractivity contribution in [1.29, 1.82) is 0 Å². The Hall–Kier alpha value is -1.35. The normalized spacial score (nSPS) is 44.7. The van der Waals surface area contributed by atoms with E-state index in [0.29, 0.717) is 28.6 Å². The predicted octanol–water partition coefficient (Wildman–Crippen LogP) is 3.97. The minimum atomic E-state index is 0.0267. The largest absolute Gasteiger partial charge is 0.342 e. The zero-order valence-electron chi connectivity index (χ0n) is 17.1. The first-order valence-electron chi connectivity index (χ1n) is 10.8. The molecule has 0 spiro atoms. The molecule has 3 nitrogen and oxygen atoms in total. The van der Waals surface area contributed by atoms with Crippen molar-refractivity contribution in [3.05, 3.63) is 35.9 Å². The van der Waals surface area contributed by atoms with Crippen molar-refractivity contribution in [2.75, 3.05) is 13.1 Å². The molecule has 4 bridgehead atoms. The smallest absolute Gasteiger partial charge is 0.226 e. The van der Waals surface area contributed by atoms with Crippen LogP contribution in [0, 0.1) is 28.6 Å². The second-order valence-electron chi connectivity index (χ2n) is 11.1. The van der Waals surface area contributed by atoms with E-state index in [1.165, 1.54) is 31.2 Å². The molecule has 1 saturated heterocycles. The van der Waals surface area contributed by atoms with Crippen LogP contribution in [-0.2, 0) is 10.2 Å². The van der Waals surface area contributed by atoms with E-state index in [9.17, 15) is 4.79 Å². The summed E-state index contributed by atoms with van der Waals surface area (Å²) in [5.74, 6) is 1.81. The number of hydrogen-bond donors (Lipinski definition) is 1. The molecule has 1 amide bonds. The molecule has 1 heterocycles. The van der Waals surface area contributed by atoms with Crippen LogP contribution in [0.5, 0.6) is 0 Å². The highest BCUT2D eigenvalue weighted by Gasteiger charge is 2.68. The summed E-state index contributed by atoms with van der Waals surface area (Å²) in [6, 6.07) is 11.3. The second-order valence-corrected chi connectivity index (χ2v) is 11.1. The van der Waals surface area contributed by atoms with Gasteiger partial charge in [-0.2, -0.15) is 0 Å². The molecule has 4 saturated carbocycles. The number of hydrogen-bond acceptors (Lipinski definition) is 2. The van der Waals surface area contributed by atoms with E-state index in [0.717, 1.165) is 19.5 Å². The first-order valence-corrected chi connectivity index (χ1v) is 10.8. The molecule has 5 aliphatic rings. The van der Waals surface area contributed by atoms with Gasteiger partial charge in [0.2, 0.25) is 5.91 Å². The number of nitrogens with zero attached hydrogens (tertiary/aromatic N) is 1. The van der Waals surface area contributed by atoms with Crippen LogP contribution >= 0.6 is 0 Å². The number of carbonyl (C=O) groups excluding carboxylic acids is 1. The van der Waals surface area contributed by atoms with Gasteiger partial charge in [0.1, 0.15) is 0 Å². The Bertz CT molecular complexity index is 759. The van der Waals surface area contributed by atoms with Crippen LogP contribution in [0.15, 0.2) is 30.3 Å². The Labute approximate surface area is 163 Å². The fraction of sp³-hybridized carbons (Fsp3) is 0.708. The van der Waals surface area contributed by atoms with Gasteiger partial charge in [0, 0.05) is 25.0 Å². The SMILES string of the molecule is CC12CC3CC(c4ccccc4)(CC1C3C(=O)N1CC[C@H](N)C(C)(C)C1)C2. The number of nitrogens with two attached hydrogens (primary N) is 1. The number of amides is 1. The molecule has 1 aromatic carbocycles. The molecule has 146 valence electrons. The third-order valence-corrected chi connectivity index (χ3v) is 8.87. The van der Waals surface area contributed by atoms with Crippen molar-refractivity contribution in [1.82, 2.24) is 4.90 Å². The third-order valence-electron chi connectivity index (χ3n) is 8.87. The fourth-order valence-corrected chi connectivity index (χ4v) is 7.61. The van der Waals surface area contributed by atoms with Gasteiger partial charge in [-0.05, 0) is 65.7 Å². The van der Waals surface area contributed by atoms with Gasteiger partial charge < -0.3 is 10.6 Å². The van der Waals surface area contributed by atoms with Crippen molar-refractivity contribution < 1.29 is 4.79 Å². The lowest BCUT2D eigenvalue weighted by molar-refractivity contribution is -0.143. The fourth-order valence-electron chi connectivity index (χ4n) is 7.61. The van der Waals surface area contributed by atoms with E-state index in [2.05, 4.69) is 56.0 Å². The molecule has 27 heavy (non-hydrogen) atoms. The van der Waals surface area contributed by atoms with Gasteiger partial charge in [-0.25, -0.2) is 0 Å². The third kappa shape index (κ3) is 2.46. The predicted molar refractivity (Wildman–Crippen MR) is 108 cm³/mol. The number of likely N-dealkylation sites (tertiary alicyclic amines) is 1. The van der Waals surface area contributed by atoms with Crippen LogP contribution < -0.4 is 5.73 Å². The maximum atomic E-state index is 13.6. The van der Waals surface area contributed by atoms with Gasteiger partial charge in [0.15, 0.2) is 0 Å². The Balaban J connectivity index is 1.41. The van der Waals surface area contributed by atoms with Gasteiger partial charge >= 0.3 is 0 Å². The number of carbonyl (C=O) groups is 1. The molecule has 0 radical (unpaired) electrons. The summed E-state index contributed by atoms with van der Waals surface area (Å²) in [5.41, 5.74) is 8.53. The van der Waals surface area contributed by atoms with Crippen LogP contribution in [0.25, 0.3) is 0 Å². The molecule has 4 aliphatic carbocycles. The Morgan fingerprint density at radius 3 is 2.52 bits per heavy atom. The van der Waals surface area contributed by atoms with Crippen LogP contribution in [-0.4, -0.2) is 29.9 Å². The van der Waals surface area contributed by atoms with Gasteiger partial charge in [0.05, 0.1) is 0 Å². The molecular weight excluding hydrogens is 332 g/mol. The summed E-state index contributed by atoms with van der Waals surface area (Å²) in [6.07, 6.45) is 5.87. The zero-order valence-corrected chi connectivity index (χ0v) is 17.1. The second kappa shape index (κ2) is 5.59. The monoisotopic (exact) mass is 366 g/mol. The molecule has 3 heteroatoms. The molecule has 1 aromatic rings. The van der Waals surface area contributed by atoms with Crippen LogP contribution in [0.2, 0.25) is 0 Å². The van der Waals surface area contributed by atoms with E-state index < -0.39 is 0 Å². The van der Waals surface area contributed by atoms with Crippen molar-refractivity contribution >= 4 is 5.91 Å². The maximum absolute atomic E-state index is 13.6. The molecule has 6 rings (SSSR count). The Morgan fingerprint density at radius 1 is 1.11 bits per heavy atom. The summed E-state index contributed by atoms with van der Waals surface area (Å²) in [7, 11) is 0. The molecule has 2 N–H and O–H groups in total. The highest BCUT2D eigenvalue weighted by Crippen LogP contribution is 2.72. The molecule has 6 atom stereocenters. The maximum Gasteiger partial charge on any atom is 0.226 e. The van der Waals surface area contributed by atoms with Crippen LogP contribution in [0.3, 0.4) is 0 Å². The van der Waals surface area contributed by atoms with Crippen LogP contribution in [0.1, 0.15) is 58.4 Å². The average Bonchev–Trinajstić information content (AvgIpc) is 2.96. The molecule has 0 aromatic heterocycles. The van der Waals surface area contributed by atoms with Crippen molar-refractivity contribution in [3.8, 4) is 0 Å². The lowest BCUT2D eigenvalue weighted by Gasteiger charge is -2.46. The average molecular weight is 367 g/mol. The minimum Gasteiger partial charge on any atom is -0.342 e. The van der Waals surface area contributed by atoms with Crippen molar-refractivity contribution in [2.45, 2.75) is 64.3 Å². The van der Waals surface area contributed by atoms with E-state index in [-0.39, 0.29) is 17.4 Å². The molecule has 5 unspecified atom stereocenters. The van der Waals surface area contributed by atoms with Crippen molar-refractivity contribution in [2.24, 2.45) is 34.3 Å². The zero-order chi connectivity index (χ0) is 19.0. The first-order chi connectivity index (χ1) is 12.7. The standard InChI is InChI=1S/C24H34N2O/c1-22(2)15-26(10-9-19(22)25)21(27)20-16-11-23(3)14-24(12-16,13-18(20)23)17-7-5-4-6-8-17/h4-8,16,18-20H,9-15,25H2,1-3H3/t16?,18?,19-,20?,23?,24?/m0/s1. The summed E-state index contributed by atoms with van der Waals surface area (Å²) >= 11 is 0. The van der Waals surface area contributed by atoms with E-state index in [1.54, 1.807) is 0 Å². The molecule has 5 fully saturated rings. The topological polar surface area (TPSA) is 46.3 Å². The Morgan fingerprint density at radius 2 is 1.85 bits per heavy atom. The highest BCUT2D eigenvalue weighted by atomic mass is 16.2. The number of rotatable bonds is 2. The van der Waals surface area contributed by atoms with Crippen molar-refractivity contribution in [3.63, 3.8) is 0 Å². The summed E-state index contributed by atoms with van der Waals surface area (Å²) in [4.78, 5) is 15.8. The Kier molecular flexibility index (Phi) is 3.67. The summed E-state index contributed by atoms with van der Waals surface area (Å²) in [6.45, 7) is 8.58. The van der Waals surface area contributed by atoms with Gasteiger partial charge in [-0.1, -0.05) is 51.1 Å². The van der Waals surface area contributed by atoms with E-state index in [4.69, 9.17) is 5.73 Å². The lowest BCUT2D eigenvalue weighted by Crippen LogP contribution is -2.56. The number of piperidine rings is 1. The quantitative estimate of drug-likeness (QED) is 0.861. The highest BCUT2D eigenvalue weighted by molar-refractivity contribution is 5.81.